The van der Waals surface area contributed by atoms with Gasteiger partial charge in [0.05, 0.1) is 43.1 Å². The van der Waals surface area contributed by atoms with Crippen molar-refractivity contribution < 1.29 is 19.3 Å². The molecule has 0 unspecified atom stereocenters. The number of fused-ring (bicyclic) bond motifs is 2. The van der Waals surface area contributed by atoms with Gasteiger partial charge in [0.25, 0.3) is 0 Å². The summed E-state index contributed by atoms with van der Waals surface area (Å²) in [6.07, 6.45) is 0. The van der Waals surface area contributed by atoms with Gasteiger partial charge in [0.2, 0.25) is 5.43 Å². The van der Waals surface area contributed by atoms with Crippen LogP contribution in [0.3, 0.4) is 0 Å². The maximum absolute atomic E-state index is 12.7. The highest BCUT2D eigenvalue weighted by Crippen LogP contribution is 2.35. The monoisotopic (exact) mass is 301 g/mol. The van der Waals surface area contributed by atoms with Gasteiger partial charge in [-0.25, -0.2) is 0 Å². The third kappa shape index (κ3) is 1.92. The van der Waals surface area contributed by atoms with E-state index in [0.717, 1.165) is 0 Å². The largest absolute Gasteiger partial charge is 0.507 e. The van der Waals surface area contributed by atoms with Gasteiger partial charge in [-0.15, -0.1) is 0 Å². The Morgan fingerprint density at radius 3 is 2.45 bits per heavy atom. The number of benzene rings is 2. The van der Waals surface area contributed by atoms with Crippen molar-refractivity contribution in [2.75, 3.05) is 21.3 Å². The molecule has 2 aromatic carbocycles. The van der Waals surface area contributed by atoms with Gasteiger partial charge < -0.3 is 24.3 Å². The number of aromatic amines is 1. The first kappa shape index (κ1) is 14.1. The van der Waals surface area contributed by atoms with Crippen molar-refractivity contribution >= 4 is 21.8 Å². The molecule has 0 saturated carbocycles. The Morgan fingerprint density at radius 2 is 1.82 bits per heavy atom. The second-order valence-corrected chi connectivity index (χ2v) is 4.75. The molecule has 1 heterocycles. The summed E-state index contributed by atoms with van der Waals surface area (Å²) in [5, 5.41) is 10.7. The van der Waals surface area contributed by atoms with Crippen LogP contribution in [0.15, 0.2) is 29.1 Å². The van der Waals surface area contributed by atoms with Crippen molar-refractivity contribution in [1.82, 2.24) is 4.98 Å². The quantitative estimate of drug-likeness (QED) is 0.726. The normalized spacial score (nSPS) is 10.9. The van der Waals surface area contributed by atoms with Crippen molar-refractivity contribution in [2.24, 2.45) is 0 Å². The minimum absolute atomic E-state index is 0.132. The first-order valence-electron chi connectivity index (χ1n) is 6.58. The molecule has 1 aromatic heterocycles. The Bertz CT molecular complexity index is 929. The number of aromatic nitrogens is 1. The maximum Gasteiger partial charge on any atom is 0.201 e. The fourth-order valence-corrected chi connectivity index (χ4v) is 2.57. The summed E-state index contributed by atoms with van der Waals surface area (Å²) < 4.78 is 15.7. The average Bonchev–Trinajstić information content (AvgIpc) is 2.53. The third-order valence-electron chi connectivity index (χ3n) is 3.60. The fraction of sp³-hybridized carbons (Fsp3) is 0.188. The second kappa shape index (κ2) is 5.14. The maximum atomic E-state index is 12.7. The Morgan fingerprint density at radius 1 is 1.05 bits per heavy atom. The first-order valence-corrected chi connectivity index (χ1v) is 6.58. The Balaban J connectivity index is 2.52. The van der Waals surface area contributed by atoms with Crippen molar-refractivity contribution in [3.8, 4) is 23.0 Å². The molecule has 3 aromatic rings. The standard InChI is InChI=1S/C16H15NO5/c1-20-8-6-10-13(11(18)7-8)15(19)9-4-5-12(21-2)16(22-3)14(9)17-10/h4-7,18H,1-3H3,(H,17,19). The van der Waals surface area contributed by atoms with Crippen molar-refractivity contribution in [3.63, 3.8) is 0 Å². The number of rotatable bonds is 3. The lowest BCUT2D eigenvalue weighted by molar-refractivity contribution is 0.358. The number of pyridine rings is 1. The average molecular weight is 301 g/mol. The molecule has 0 atom stereocenters. The number of hydrogen-bond acceptors (Lipinski definition) is 5. The van der Waals surface area contributed by atoms with E-state index in [1.54, 1.807) is 18.2 Å². The molecule has 0 aliphatic rings. The van der Waals surface area contributed by atoms with E-state index in [1.807, 2.05) is 0 Å². The second-order valence-electron chi connectivity index (χ2n) is 4.75. The van der Waals surface area contributed by atoms with E-state index in [9.17, 15) is 9.90 Å². The van der Waals surface area contributed by atoms with Gasteiger partial charge in [-0.1, -0.05) is 0 Å². The minimum Gasteiger partial charge on any atom is -0.507 e. The summed E-state index contributed by atoms with van der Waals surface area (Å²) in [6, 6.07) is 6.35. The molecule has 0 saturated heterocycles. The minimum atomic E-state index is -0.287. The lowest BCUT2D eigenvalue weighted by Gasteiger charge is -2.12. The number of H-pyrrole nitrogens is 1. The van der Waals surface area contributed by atoms with Gasteiger partial charge in [-0.05, 0) is 12.1 Å². The van der Waals surface area contributed by atoms with Crippen molar-refractivity contribution in [2.45, 2.75) is 0 Å². The molecule has 22 heavy (non-hydrogen) atoms. The molecule has 6 nitrogen and oxygen atoms in total. The van der Waals surface area contributed by atoms with E-state index in [-0.39, 0.29) is 16.6 Å². The van der Waals surface area contributed by atoms with Crippen LogP contribution in [0.5, 0.6) is 23.0 Å². The van der Waals surface area contributed by atoms with E-state index in [4.69, 9.17) is 14.2 Å². The van der Waals surface area contributed by atoms with E-state index >= 15 is 0 Å². The van der Waals surface area contributed by atoms with Gasteiger partial charge in [-0.3, -0.25) is 4.79 Å². The van der Waals surface area contributed by atoms with Crippen LogP contribution in [-0.4, -0.2) is 31.4 Å². The summed E-state index contributed by atoms with van der Waals surface area (Å²) in [7, 11) is 4.52. The Hall–Kier alpha value is -2.89. The van der Waals surface area contributed by atoms with E-state index < -0.39 is 0 Å². The SMILES string of the molecule is COc1cc(O)c2c(=O)c3ccc(OC)c(OC)c3[nH]c2c1. The Labute approximate surface area is 125 Å². The highest BCUT2D eigenvalue weighted by atomic mass is 16.5. The third-order valence-corrected chi connectivity index (χ3v) is 3.60. The van der Waals surface area contributed by atoms with Gasteiger partial charge in [0.15, 0.2) is 11.5 Å². The summed E-state index contributed by atoms with van der Waals surface area (Å²) in [5.41, 5.74) is 0.678. The number of methoxy groups -OCH3 is 3. The van der Waals surface area contributed by atoms with Crippen LogP contribution < -0.4 is 19.6 Å². The molecule has 0 aliphatic heterocycles. The molecular formula is C16H15NO5. The number of aromatic hydroxyl groups is 1. The summed E-state index contributed by atoms with van der Waals surface area (Å²) in [5.74, 6) is 1.26. The van der Waals surface area contributed by atoms with E-state index in [0.29, 0.717) is 33.7 Å². The van der Waals surface area contributed by atoms with Gasteiger partial charge in [0.1, 0.15) is 11.5 Å². The predicted molar refractivity (Wildman–Crippen MR) is 83.4 cm³/mol. The first-order chi connectivity index (χ1) is 10.6. The zero-order valence-corrected chi connectivity index (χ0v) is 12.4. The predicted octanol–water partition coefficient (Wildman–Crippen LogP) is 2.41. The van der Waals surface area contributed by atoms with Crippen LogP contribution in [0, 0.1) is 0 Å². The number of phenolic OH excluding ortho intramolecular Hbond substituents is 1. The number of ether oxygens (including phenoxy) is 3. The lowest BCUT2D eigenvalue weighted by Crippen LogP contribution is -2.06. The van der Waals surface area contributed by atoms with Crippen LogP contribution in [0.1, 0.15) is 0 Å². The van der Waals surface area contributed by atoms with Crippen LogP contribution in [0.2, 0.25) is 0 Å². The van der Waals surface area contributed by atoms with Gasteiger partial charge in [-0.2, -0.15) is 0 Å². The molecule has 0 radical (unpaired) electrons. The molecular weight excluding hydrogens is 286 g/mol. The van der Waals surface area contributed by atoms with E-state index in [1.165, 1.54) is 27.4 Å². The number of phenols is 1. The van der Waals surface area contributed by atoms with Gasteiger partial charge in [0, 0.05) is 12.1 Å². The summed E-state index contributed by atoms with van der Waals surface area (Å²) in [6.45, 7) is 0. The van der Waals surface area contributed by atoms with Gasteiger partial charge >= 0.3 is 0 Å². The fourth-order valence-electron chi connectivity index (χ4n) is 2.57. The molecule has 0 fully saturated rings. The zero-order valence-electron chi connectivity index (χ0n) is 12.4. The molecule has 114 valence electrons. The van der Waals surface area contributed by atoms with Crippen LogP contribution in [-0.2, 0) is 0 Å². The van der Waals surface area contributed by atoms with Crippen molar-refractivity contribution in [1.29, 1.82) is 0 Å². The Kier molecular flexibility index (Phi) is 3.29. The number of hydrogen-bond donors (Lipinski definition) is 2. The topological polar surface area (TPSA) is 80.8 Å². The highest BCUT2D eigenvalue weighted by molar-refractivity contribution is 5.99. The summed E-state index contributed by atoms with van der Waals surface area (Å²) in [4.78, 5) is 15.8. The molecule has 0 aliphatic carbocycles. The summed E-state index contributed by atoms with van der Waals surface area (Å²) >= 11 is 0. The lowest BCUT2D eigenvalue weighted by atomic mass is 10.1. The molecule has 0 spiro atoms. The van der Waals surface area contributed by atoms with E-state index in [2.05, 4.69) is 4.98 Å². The molecule has 0 amide bonds. The highest BCUT2D eigenvalue weighted by Gasteiger charge is 2.16. The smallest absolute Gasteiger partial charge is 0.201 e. The van der Waals surface area contributed by atoms with Crippen LogP contribution in [0.25, 0.3) is 21.8 Å². The van der Waals surface area contributed by atoms with Crippen LogP contribution in [0.4, 0.5) is 0 Å². The number of nitrogens with one attached hydrogen (secondary N) is 1. The zero-order chi connectivity index (χ0) is 15.9. The molecule has 0 bridgehead atoms. The molecule has 3 rings (SSSR count). The van der Waals surface area contributed by atoms with Crippen molar-refractivity contribution in [3.05, 3.63) is 34.5 Å². The molecule has 6 heteroatoms. The van der Waals surface area contributed by atoms with Crippen LogP contribution >= 0.6 is 0 Å². The molecule has 2 N–H and O–H groups in total.